The highest BCUT2D eigenvalue weighted by Gasteiger charge is 2.75. The molecule has 0 rings (SSSR count). The van der Waals surface area contributed by atoms with Gasteiger partial charge in [0.2, 0.25) is 0 Å². The summed E-state index contributed by atoms with van der Waals surface area (Å²) in [6.07, 6.45) is -2.74. The summed E-state index contributed by atoms with van der Waals surface area (Å²) in [6, 6.07) is 0. The highest BCUT2D eigenvalue weighted by Crippen LogP contribution is 2.48. The summed E-state index contributed by atoms with van der Waals surface area (Å²) >= 11 is 0. The summed E-state index contributed by atoms with van der Waals surface area (Å²) in [5.74, 6) is -20.6. The number of carbonyl (C=O) groups excluding carboxylic acids is 2. The molecule has 0 aliphatic carbocycles. The lowest BCUT2D eigenvalue weighted by Gasteiger charge is -2.31. The van der Waals surface area contributed by atoms with E-state index in [4.69, 9.17) is 4.74 Å². The van der Waals surface area contributed by atoms with Gasteiger partial charge in [-0.3, -0.25) is 9.59 Å². The molecule has 0 aliphatic rings. The third-order valence-electron chi connectivity index (χ3n) is 3.59. The van der Waals surface area contributed by atoms with E-state index in [0.717, 1.165) is 19.3 Å². The van der Waals surface area contributed by atoms with E-state index in [1.807, 2.05) is 6.92 Å². The average molecular weight is 430 g/mol. The first-order valence-electron chi connectivity index (χ1n) is 8.52. The highest BCUT2D eigenvalue weighted by molar-refractivity contribution is 5.72. The number of carbonyl (C=O) groups is 2. The van der Waals surface area contributed by atoms with Gasteiger partial charge < -0.3 is 9.47 Å². The van der Waals surface area contributed by atoms with Crippen molar-refractivity contribution in [3.63, 3.8) is 0 Å². The molecule has 0 saturated heterocycles. The molecule has 0 spiro atoms. The molecule has 12 heteroatoms. The first-order chi connectivity index (χ1) is 12.8. The minimum absolute atomic E-state index is 0.170. The van der Waals surface area contributed by atoms with Crippen molar-refractivity contribution in [2.24, 2.45) is 0 Å². The Morgan fingerprint density at radius 1 is 0.821 bits per heavy atom. The van der Waals surface area contributed by atoms with Gasteiger partial charge in [0.05, 0.1) is 6.61 Å². The summed E-state index contributed by atoms with van der Waals surface area (Å²) in [5.41, 5.74) is 0. The Morgan fingerprint density at radius 2 is 1.36 bits per heavy atom. The van der Waals surface area contributed by atoms with Gasteiger partial charge in [0.1, 0.15) is 0 Å². The fourth-order valence-electron chi connectivity index (χ4n) is 1.88. The Labute approximate surface area is 156 Å². The molecule has 0 saturated carbocycles. The normalized spacial score (nSPS) is 12.9. The summed E-state index contributed by atoms with van der Waals surface area (Å²) in [6.45, 7) is -0.349. The Morgan fingerprint density at radius 3 is 1.86 bits per heavy atom. The molecule has 0 aromatic rings. The second-order valence-corrected chi connectivity index (χ2v) is 6.00. The van der Waals surface area contributed by atoms with Crippen LogP contribution < -0.4 is 0 Å². The van der Waals surface area contributed by atoms with Crippen molar-refractivity contribution in [1.82, 2.24) is 0 Å². The Balaban J connectivity index is 4.28. The predicted molar refractivity (Wildman–Crippen MR) is 80.8 cm³/mol. The lowest BCUT2D eigenvalue weighted by molar-refractivity contribution is -0.344. The van der Waals surface area contributed by atoms with Crippen LogP contribution in [0, 0.1) is 0 Å². The van der Waals surface area contributed by atoms with Crippen LogP contribution in [0.1, 0.15) is 51.9 Å². The van der Waals surface area contributed by atoms with E-state index in [-0.39, 0.29) is 19.4 Å². The molecule has 0 fully saturated rings. The molecular weight excluding hydrogens is 408 g/mol. The van der Waals surface area contributed by atoms with Crippen LogP contribution in [0.5, 0.6) is 0 Å². The van der Waals surface area contributed by atoms with Crippen LogP contribution in [0.15, 0.2) is 0 Å². The van der Waals surface area contributed by atoms with Crippen molar-refractivity contribution in [2.45, 2.75) is 76.1 Å². The topological polar surface area (TPSA) is 52.6 Å². The van der Waals surface area contributed by atoms with Gasteiger partial charge in [-0.05, 0) is 12.8 Å². The molecule has 4 nitrogen and oxygen atoms in total. The zero-order valence-electron chi connectivity index (χ0n) is 15.1. The average Bonchev–Trinajstić information content (AvgIpc) is 2.59. The van der Waals surface area contributed by atoms with E-state index in [1.165, 1.54) is 0 Å². The molecule has 0 atom stereocenters. The SMILES string of the molecule is CCCCCCOC(=O)CCCC(=O)OCC(F)(F)C(F)(F)C(F)(F)C(F)F. The molecule has 0 unspecified atom stereocenters. The van der Waals surface area contributed by atoms with Crippen molar-refractivity contribution < 1.29 is 54.2 Å². The van der Waals surface area contributed by atoms with Crippen molar-refractivity contribution in [3.05, 3.63) is 0 Å². The van der Waals surface area contributed by atoms with Gasteiger partial charge in [0.25, 0.3) is 0 Å². The Hall–Kier alpha value is -1.62. The molecule has 0 bridgehead atoms. The Kier molecular flexibility index (Phi) is 10.7. The molecule has 0 aliphatic heterocycles. The van der Waals surface area contributed by atoms with Gasteiger partial charge in [-0.25, -0.2) is 8.78 Å². The van der Waals surface area contributed by atoms with Crippen LogP contribution in [0.2, 0.25) is 0 Å². The van der Waals surface area contributed by atoms with E-state index >= 15 is 0 Å². The largest absolute Gasteiger partial charge is 0.466 e. The maximum Gasteiger partial charge on any atom is 0.381 e. The molecule has 166 valence electrons. The van der Waals surface area contributed by atoms with Gasteiger partial charge in [-0.2, -0.15) is 26.3 Å². The molecule has 0 radical (unpaired) electrons. The fourth-order valence-corrected chi connectivity index (χ4v) is 1.88. The number of hydrogen-bond donors (Lipinski definition) is 0. The molecule has 28 heavy (non-hydrogen) atoms. The van der Waals surface area contributed by atoms with Crippen LogP contribution in [0.4, 0.5) is 35.1 Å². The van der Waals surface area contributed by atoms with Gasteiger partial charge in [-0.15, -0.1) is 0 Å². The minimum Gasteiger partial charge on any atom is -0.466 e. The highest BCUT2D eigenvalue weighted by atomic mass is 19.4. The Bertz CT molecular complexity index is 497. The molecule has 0 aromatic heterocycles. The van der Waals surface area contributed by atoms with E-state index in [0.29, 0.717) is 6.42 Å². The van der Waals surface area contributed by atoms with Crippen molar-refractivity contribution in [2.75, 3.05) is 13.2 Å². The fraction of sp³-hybridized carbons (Fsp3) is 0.875. The lowest BCUT2D eigenvalue weighted by atomic mass is 10.1. The molecule has 0 N–H and O–H groups in total. The molecule has 0 heterocycles. The van der Waals surface area contributed by atoms with Crippen molar-refractivity contribution in [3.8, 4) is 0 Å². The maximum absolute atomic E-state index is 13.2. The third kappa shape index (κ3) is 7.78. The lowest BCUT2D eigenvalue weighted by Crippen LogP contribution is -2.59. The predicted octanol–water partition coefficient (Wildman–Crippen LogP) is 4.99. The minimum atomic E-state index is -6.43. The summed E-state index contributed by atoms with van der Waals surface area (Å²) in [7, 11) is 0. The van der Waals surface area contributed by atoms with Crippen LogP contribution in [0.3, 0.4) is 0 Å². The van der Waals surface area contributed by atoms with Gasteiger partial charge in [0, 0.05) is 12.8 Å². The van der Waals surface area contributed by atoms with Crippen LogP contribution in [-0.2, 0) is 19.1 Å². The summed E-state index contributed by atoms with van der Waals surface area (Å²) in [4.78, 5) is 22.6. The molecular formula is C16H22F8O4. The number of rotatable bonds is 14. The number of halogens is 8. The first kappa shape index (κ1) is 26.4. The zero-order valence-corrected chi connectivity index (χ0v) is 15.1. The quantitative estimate of drug-likeness (QED) is 0.221. The summed E-state index contributed by atoms with van der Waals surface area (Å²) < 4.78 is 110. The van der Waals surface area contributed by atoms with Gasteiger partial charge in [0.15, 0.2) is 6.61 Å². The standard InChI is InChI=1S/C16H22F8O4/c1-2-3-4-5-9-27-11(25)7-6-8-12(26)28-10-14(19,20)16(23,24)15(21,22)13(17)18/h13H,2-10H2,1H3. The van der Waals surface area contributed by atoms with Crippen molar-refractivity contribution >= 4 is 11.9 Å². The summed E-state index contributed by atoms with van der Waals surface area (Å²) in [5, 5.41) is 0. The van der Waals surface area contributed by atoms with Crippen molar-refractivity contribution in [1.29, 1.82) is 0 Å². The number of ether oxygens (including phenoxy) is 2. The van der Waals surface area contributed by atoms with Crippen LogP contribution >= 0.6 is 0 Å². The monoisotopic (exact) mass is 430 g/mol. The van der Waals surface area contributed by atoms with Gasteiger partial charge >= 0.3 is 36.1 Å². The van der Waals surface area contributed by atoms with Crippen LogP contribution in [-0.4, -0.2) is 49.3 Å². The molecule has 0 aromatic carbocycles. The van der Waals surface area contributed by atoms with Gasteiger partial charge in [-0.1, -0.05) is 26.2 Å². The van der Waals surface area contributed by atoms with E-state index in [9.17, 15) is 44.7 Å². The smallest absolute Gasteiger partial charge is 0.381 e. The number of unbranched alkanes of at least 4 members (excludes halogenated alkanes) is 3. The molecule has 0 amide bonds. The van der Waals surface area contributed by atoms with Crippen LogP contribution in [0.25, 0.3) is 0 Å². The second kappa shape index (κ2) is 11.4. The number of esters is 2. The zero-order chi connectivity index (χ0) is 22.0. The first-order valence-corrected chi connectivity index (χ1v) is 8.52. The van der Waals surface area contributed by atoms with E-state index < -0.39 is 49.2 Å². The maximum atomic E-state index is 13.2. The van der Waals surface area contributed by atoms with E-state index in [1.54, 1.807) is 0 Å². The van der Waals surface area contributed by atoms with E-state index in [2.05, 4.69) is 4.74 Å². The second-order valence-electron chi connectivity index (χ2n) is 6.00. The number of alkyl halides is 8. The third-order valence-corrected chi connectivity index (χ3v) is 3.59. The number of hydrogen-bond acceptors (Lipinski definition) is 4.